The lowest BCUT2D eigenvalue weighted by Crippen LogP contribution is -2.45. The topological polar surface area (TPSA) is 48.9 Å². The van der Waals surface area contributed by atoms with Gasteiger partial charge in [0.1, 0.15) is 0 Å². The first-order valence-corrected chi connectivity index (χ1v) is 9.78. The Bertz CT molecular complexity index is 355. The van der Waals surface area contributed by atoms with Crippen LogP contribution in [0.3, 0.4) is 0 Å². The van der Waals surface area contributed by atoms with Crippen molar-refractivity contribution >= 4 is 41.7 Å². The van der Waals surface area contributed by atoms with E-state index in [4.69, 9.17) is 4.74 Å². The summed E-state index contributed by atoms with van der Waals surface area (Å²) in [5.41, 5.74) is 0. The zero-order chi connectivity index (χ0) is 15.8. The Morgan fingerprint density at radius 3 is 2.61 bits per heavy atom. The molecule has 2 aliphatic carbocycles. The Hall–Kier alpha value is 0.270. The van der Waals surface area contributed by atoms with E-state index in [9.17, 15) is 0 Å². The molecule has 0 aromatic heterocycles. The Morgan fingerprint density at radius 2 is 2.04 bits per heavy atom. The number of aliphatic imine (C=N–C) groups is 1. The zero-order valence-corrected chi connectivity index (χ0v) is 17.9. The van der Waals surface area contributed by atoms with E-state index in [0.29, 0.717) is 6.04 Å². The van der Waals surface area contributed by atoms with Crippen LogP contribution in [0.2, 0.25) is 0 Å². The molecule has 0 aromatic rings. The molecule has 2 fully saturated rings. The van der Waals surface area contributed by atoms with Crippen molar-refractivity contribution in [2.75, 3.05) is 46.7 Å². The second-order valence-electron chi connectivity index (χ2n) is 6.27. The summed E-state index contributed by atoms with van der Waals surface area (Å²) in [7, 11) is 3.64. The van der Waals surface area contributed by atoms with Gasteiger partial charge in [-0.05, 0) is 38.4 Å². The Kier molecular flexibility index (Phi) is 10.9. The summed E-state index contributed by atoms with van der Waals surface area (Å²) in [5, 5.41) is 7.86. The van der Waals surface area contributed by atoms with E-state index in [0.717, 1.165) is 43.5 Å². The monoisotopic (exact) mass is 456 g/mol. The predicted molar refractivity (Wildman–Crippen MR) is 111 cm³/mol. The number of nitrogens with one attached hydrogen (secondary N) is 2. The number of nitrogens with zero attached hydrogens (tertiary/aromatic N) is 2. The van der Waals surface area contributed by atoms with E-state index in [1.807, 2.05) is 18.8 Å². The third-order valence-electron chi connectivity index (χ3n) is 4.62. The smallest absolute Gasteiger partial charge is 0.191 e. The Labute approximate surface area is 162 Å². The highest BCUT2D eigenvalue weighted by Gasteiger charge is 2.28. The number of hydrogen-bond acceptors (Lipinski definition) is 4. The molecule has 2 rings (SSSR count). The van der Waals surface area contributed by atoms with Crippen LogP contribution in [0.25, 0.3) is 0 Å². The van der Waals surface area contributed by atoms with E-state index < -0.39 is 0 Å². The summed E-state index contributed by atoms with van der Waals surface area (Å²) in [6.45, 7) is 3.86. The normalized spacial score (nSPS) is 24.6. The lowest BCUT2D eigenvalue weighted by atomic mass is 10.2. The van der Waals surface area contributed by atoms with Gasteiger partial charge in [0.25, 0.3) is 0 Å². The molecule has 0 saturated heterocycles. The number of guanidine groups is 1. The van der Waals surface area contributed by atoms with Crippen LogP contribution in [-0.4, -0.2) is 74.8 Å². The highest BCUT2D eigenvalue weighted by atomic mass is 127. The van der Waals surface area contributed by atoms with Gasteiger partial charge in [-0.2, -0.15) is 11.8 Å². The van der Waals surface area contributed by atoms with Gasteiger partial charge in [0.15, 0.2) is 5.96 Å². The average molecular weight is 456 g/mol. The maximum Gasteiger partial charge on any atom is 0.191 e. The first-order chi connectivity index (χ1) is 10.8. The number of thioether (sulfide) groups is 1. The summed E-state index contributed by atoms with van der Waals surface area (Å²) in [5.74, 6) is 0.953. The molecule has 0 aromatic carbocycles. The Balaban J connectivity index is 0.00000264. The SMILES string of the molecule is CN=C(NCCN(CCOC)C1CC1)NC1CCC(SC)C1.I. The summed E-state index contributed by atoms with van der Waals surface area (Å²) in [6, 6.07) is 1.36. The van der Waals surface area contributed by atoms with Crippen LogP contribution in [0, 0.1) is 0 Å². The van der Waals surface area contributed by atoms with E-state index in [1.54, 1.807) is 7.11 Å². The molecular formula is C16H33IN4OS. The molecular weight excluding hydrogens is 423 g/mol. The van der Waals surface area contributed by atoms with Crippen LogP contribution >= 0.6 is 35.7 Å². The lowest BCUT2D eigenvalue weighted by molar-refractivity contribution is 0.144. The fourth-order valence-corrected chi connectivity index (χ4v) is 3.91. The molecule has 23 heavy (non-hydrogen) atoms. The fraction of sp³-hybridized carbons (Fsp3) is 0.938. The van der Waals surface area contributed by atoms with Gasteiger partial charge in [-0.25, -0.2) is 0 Å². The molecule has 2 aliphatic rings. The molecule has 2 unspecified atom stereocenters. The minimum atomic E-state index is 0. The molecule has 0 amide bonds. The fourth-order valence-electron chi connectivity index (χ4n) is 3.12. The van der Waals surface area contributed by atoms with Gasteiger partial charge < -0.3 is 15.4 Å². The number of halogens is 1. The molecule has 5 nitrogen and oxygen atoms in total. The second kappa shape index (κ2) is 11.8. The Morgan fingerprint density at radius 1 is 1.26 bits per heavy atom. The third kappa shape index (κ3) is 7.79. The maximum absolute atomic E-state index is 5.21. The van der Waals surface area contributed by atoms with Crippen LogP contribution in [-0.2, 0) is 4.74 Å². The first kappa shape index (κ1) is 21.3. The van der Waals surface area contributed by atoms with E-state index in [2.05, 4.69) is 26.8 Å². The van der Waals surface area contributed by atoms with Crippen LogP contribution < -0.4 is 10.6 Å². The minimum Gasteiger partial charge on any atom is -0.383 e. The molecule has 0 heterocycles. The van der Waals surface area contributed by atoms with Crippen molar-refractivity contribution in [3.63, 3.8) is 0 Å². The summed E-state index contributed by atoms with van der Waals surface area (Å²) >= 11 is 1.99. The highest BCUT2D eigenvalue weighted by molar-refractivity contribution is 14.0. The van der Waals surface area contributed by atoms with Gasteiger partial charge in [0.05, 0.1) is 6.61 Å². The molecule has 2 atom stereocenters. The molecule has 0 bridgehead atoms. The minimum absolute atomic E-state index is 0. The predicted octanol–water partition coefficient (Wildman–Crippen LogP) is 2.16. The summed E-state index contributed by atoms with van der Waals surface area (Å²) in [6.07, 6.45) is 8.73. The summed E-state index contributed by atoms with van der Waals surface area (Å²) in [4.78, 5) is 6.90. The van der Waals surface area contributed by atoms with Gasteiger partial charge in [-0.15, -0.1) is 24.0 Å². The van der Waals surface area contributed by atoms with Gasteiger partial charge in [0.2, 0.25) is 0 Å². The number of rotatable bonds is 9. The molecule has 2 N–H and O–H groups in total. The van der Waals surface area contributed by atoms with Crippen molar-refractivity contribution in [2.24, 2.45) is 4.99 Å². The second-order valence-corrected chi connectivity index (χ2v) is 7.41. The molecule has 7 heteroatoms. The van der Waals surface area contributed by atoms with E-state index in [1.165, 1.54) is 32.1 Å². The van der Waals surface area contributed by atoms with Gasteiger partial charge in [-0.3, -0.25) is 9.89 Å². The summed E-state index contributed by atoms with van der Waals surface area (Å²) < 4.78 is 5.21. The molecule has 0 aliphatic heterocycles. The molecule has 0 radical (unpaired) electrons. The zero-order valence-electron chi connectivity index (χ0n) is 14.7. The van der Waals surface area contributed by atoms with Crippen LogP contribution in [0.15, 0.2) is 4.99 Å². The standard InChI is InChI=1S/C16H32N4OS.HI/c1-17-16(19-13-4-7-15(12-13)22-3)18-8-9-20(10-11-21-2)14-5-6-14;/h13-15H,4-12H2,1-3H3,(H2,17,18,19);1H. The van der Waals surface area contributed by atoms with Crippen molar-refractivity contribution < 1.29 is 4.74 Å². The average Bonchev–Trinajstić information content (AvgIpc) is 3.28. The van der Waals surface area contributed by atoms with Crippen LogP contribution in [0.5, 0.6) is 0 Å². The molecule has 136 valence electrons. The van der Waals surface area contributed by atoms with Gasteiger partial charge in [0, 0.05) is 51.1 Å². The molecule has 0 spiro atoms. The van der Waals surface area contributed by atoms with Crippen LogP contribution in [0.4, 0.5) is 0 Å². The van der Waals surface area contributed by atoms with Crippen molar-refractivity contribution in [3.8, 4) is 0 Å². The van der Waals surface area contributed by atoms with E-state index >= 15 is 0 Å². The third-order valence-corrected chi connectivity index (χ3v) is 5.71. The van der Waals surface area contributed by atoms with Crippen molar-refractivity contribution in [3.05, 3.63) is 0 Å². The van der Waals surface area contributed by atoms with Crippen LogP contribution in [0.1, 0.15) is 32.1 Å². The number of methoxy groups -OCH3 is 1. The van der Waals surface area contributed by atoms with Crippen molar-refractivity contribution in [1.82, 2.24) is 15.5 Å². The quantitative estimate of drug-likeness (QED) is 0.317. The van der Waals surface area contributed by atoms with E-state index in [-0.39, 0.29) is 24.0 Å². The number of ether oxygens (including phenoxy) is 1. The number of hydrogen-bond donors (Lipinski definition) is 2. The maximum atomic E-state index is 5.21. The highest BCUT2D eigenvalue weighted by Crippen LogP contribution is 2.28. The van der Waals surface area contributed by atoms with Gasteiger partial charge >= 0.3 is 0 Å². The molecule has 2 saturated carbocycles. The lowest BCUT2D eigenvalue weighted by Gasteiger charge is -2.23. The largest absolute Gasteiger partial charge is 0.383 e. The first-order valence-electron chi connectivity index (χ1n) is 8.49. The van der Waals surface area contributed by atoms with Gasteiger partial charge in [-0.1, -0.05) is 0 Å². The van der Waals surface area contributed by atoms with Crippen molar-refractivity contribution in [2.45, 2.75) is 49.4 Å². The van der Waals surface area contributed by atoms with Crippen molar-refractivity contribution in [1.29, 1.82) is 0 Å².